The highest BCUT2D eigenvalue weighted by atomic mass is 32.2. The lowest BCUT2D eigenvalue weighted by atomic mass is 10.1. The number of rotatable bonds is 4. The third-order valence-corrected chi connectivity index (χ3v) is 5.57. The Morgan fingerprint density at radius 2 is 1.80 bits per heavy atom. The van der Waals surface area contributed by atoms with Crippen molar-refractivity contribution >= 4 is 9.84 Å². The van der Waals surface area contributed by atoms with Crippen molar-refractivity contribution in [1.29, 1.82) is 0 Å². The van der Waals surface area contributed by atoms with Crippen LogP contribution < -0.4 is 5.32 Å². The molecule has 1 rings (SSSR count). The summed E-state index contributed by atoms with van der Waals surface area (Å²) >= 11 is 0. The van der Waals surface area contributed by atoms with E-state index in [4.69, 9.17) is 0 Å². The molecular weight excluding hydrogens is 210 g/mol. The largest absolute Gasteiger partial charge is 0.313 e. The molecule has 1 fully saturated rings. The van der Waals surface area contributed by atoms with Crippen LogP contribution in [0, 0.1) is 0 Å². The van der Waals surface area contributed by atoms with Crippen LogP contribution in [0.1, 0.15) is 46.0 Å². The molecule has 1 aliphatic rings. The Balaban J connectivity index is 2.79. The minimum Gasteiger partial charge on any atom is -0.313 e. The summed E-state index contributed by atoms with van der Waals surface area (Å²) in [4.78, 5) is 0. The smallest absolute Gasteiger partial charge is 0.154 e. The molecule has 0 spiro atoms. The second-order valence-corrected chi connectivity index (χ2v) is 6.80. The quantitative estimate of drug-likeness (QED) is 0.752. The van der Waals surface area contributed by atoms with Crippen LogP contribution in [-0.2, 0) is 9.84 Å². The summed E-state index contributed by atoms with van der Waals surface area (Å²) in [6.45, 7) is 4.66. The van der Waals surface area contributed by atoms with Crippen molar-refractivity contribution in [2.45, 2.75) is 57.2 Å². The molecule has 0 aromatic heterocycles. The monoisotopic (exact) mass is 233 g/mol. The van der Waals surface area contributed by atoms with E-state index in [0.717, 1.165) is 32.2 Å². The van der Waals surface area contributed by atoms with E-state index < -0.39 is 9.84 Å². The van der Waals surface area contributed by atoms with Crippen LogP contribution in [0.25, 0.3) is 0 Å². The molecule has 1 aliphatic carbocycles. The van der Waals surface area contributed by atoms with Gasteiger partial charge in [-0.15, -0.1) is 0 Å². The summed E-state index contributed by atoms with van der Waals surface area (Å²) in [5, 5.41) is 3.19. The number of sulfone groups is 1. The van der Waals surface area contributed by atoms with Gasteiger partial charge in [-0.25, -0.2) is 8.42 Å². The normalized spacial score (nSPS) is 28.7. The Morgan fingerprint density at radius 3 is 2.40 bits per heavy atom. The van der Waals surface area contributed by atoms with Gasteiger partial charge in [-0.05, 0) is 19.4 Å². The van der Waals surface area contributed by atoms with Crippen LogP contribution in [0.2, 0.25) is 0 Å². The fourth-order valence-electron chi connectivity index (χ4n) is 2.41. The van der Waals surface area contributed by atoms with Gasteiger partial charge >= 0.3 is 0 Å². The van der Waals surface area contributed by atoms with Gasteiger partial charge in [0.25, 0.3) is 0 Å². The molecule has 2 unspecified atom stereocenters. The zero-order valence-corrected chi connectivity index (χ0v) is 10.6. The van der Waals surface area contributed by atoms with Gasteiger partial charge < -0.3 is 5.32 Å². The molecule has 15 heavy (non-hydrogen) atoms. The Kier molecular flexibility index (Phi) is 5.06. The van der Waals surface area contributed by atoms with E-state index in [-0.39, 0.29) is 17.0 Å². The zero-order chi connectivity index (χ0) is 11.3. The maximum atomic E-state index is 12.0. The molecule has 90 valence electrons. The first-order valence-electron chi connectivity index (χ1n) is 6.06. The Bertz CT molecular complexity index is 274. The molecule has 2 atom stereocenters. The van der Waals surface area contributed by atoms with Crippen molar-refractivity contribution < 1.29 is 8.42 Å². The van der Waals surface area contributed by atoms with Crippen LogP contribution in [0.15, 0.2) is 0 Å². The first-order valence-corrected chi connectivity index (χ1v) is 7.78. The van der Waals surface area contributed by atoms with Gasteiger partial charge in [-0.3, -0.25) is 0 Å². The highest BCUT2D eigenvalue weighted by Crippen LogP contribution is 2.24. The molecule has 0 heterocycles. The molecule has 0 aliphatic heterocycles. The van der Waals surface area contributed by atoms with E-state index in [0.29, 0.717) is 0 Å². The second kappa shape index (κ2) is 5.85. The van der Waals surface area contributed by atoms with Crippen molar-refractivity contribution in [1.82, 2.24) is 5.32 Å². The van der Waals surface area contributed by atoms with Crippen LogP contribution in [0.5, 0.6) is 0 Å². The van der Waals surface area contributed by atoms with Gasteiger partial charge in [-0.1, -0.05) is 33.1 Å². The third-order valence-electron chi connectivity index (χ3n) is 3.28. The molecule has 1 saturated carbocycles. The molecule has 1 N–H and O–H groups in total. The van der Waals surface area contributed by atoms with Crippen molar-refractivity contribution in [3.63, 3.8) is 0 Å². The minimum atomic E-state index is -2.88. The molecule has 0 saturated heterocycles. The lowest BCUT2D eigenvalue weighted by Gasteiger charge is -2.25. The van der Waals surface area contributed by atoms with E-state index in [1.165, 1.54) is 6.42 Å². The maximum absolute atomic E-state index is 12.0. The Morgan fingerprint density at radius 1 is 1.13 bits per heavy atom. The van der Waals surface area contributed by atoms with Crippen molar-refractivity contribution in [3.05, 3.63) is 0 Å². The highest BCUT2D eigenvalue weighted by Gasteiger charge is 2.32. The first kappa shape index (κ1) is 13.0. The van der Waals surface area contributed by atoms with Crippen LogP contribution in [0.4, 0.5) is 0 Å². The van der Waals surface area contributed by atoms with Crippen LogP contribution in [0.3, 0.4) is 0 Å². The van der Waals surface area contributed by atoms with Gasteiger partial charge in [0, 0.05) is 11.8 Å². The lowest BCUT2D eigenvalue weighted by molar-refractivity contribution is 0.460. The summed E-state index contributed by atoms with van der Waals surface area (Å²) < 4.78 is 23.9. The predicted molar refractivity (Wildman–Crippen MR) is 63.8 cm³/mol. The van der Waals surface area contributed by atoms with Crippen molar-refractivity contribution in [2.75, 3.05) is 12.3 Å². The van der Waals surface area contributed by atoms with Crippen LogP contribution >= 0.6 is 0 Å². The van der Waals surface area contributed by atoms with Crippen molar-refractivity contribution in [3.8, 4) is 0 Å². The lowest BCUT2D eigenvalue weighted by Crippen LogP contribution is -2.44. The van der Waals surface area contributed by atoms with Gasteiger partial charge in [0.05, 0.1) is 5.25 Å². The predicted octanol–water partition coefficient (Wildman–Crippen LogP) is 1.73. The number of nitrogens with one attached hydrogen (secondary N) is 1. The van der Waals surface area contributed by atoms with E-state index in [2.05, 4.69) is 5.32 Å². The first-order chi connectivity index (χ1) is 7.11. The summed E-state index contributed by atoms with van der Waals surface area (Å²) in [6, 6.07) is 0.183. The van der Waals surface area contributed by atoms with Gasteiger partial charge in [-0.2, -0.15) is 0 Å². The second-order valence-electron chi connectivity index (χ2n) is 4.29. The zero-order valence-electron chi connectivity index (χ0n) is 9.83. The Labute approximate surface area is 93.6 Å². The van der Waals surface area contributed by atoms with Gasteiger partial charge in [0.1, 0.15) is 0 Å². The molecule has 0 bridgehead atoms. The minimum absolute atomic E-state index is 0.148. The summed E-state index contributed by atoms with van der Waals surface area (Å²) in [7, 11) is -2.88. The molecule has 0 radical (unpaired) electrons. The van der Waals surface area contributed by atoms with E-state index in [1.54, 1.807) is 6.92 Å². The number of hydrogen-bond donors (Lipinski definition) is 1. The summed E-state index contributed by atoms with van der Waals surface area (Å²) in [5.41, 5.74) is 0. The topological polar surface area (TPSA) is 46.2 Å². The summed E-state index contributed by atoms with van der Waals surface area (Å²) in [5.74, 6) is 0.277. The molecule has 0 amide bonds. The van der Waals surface area contributed by atoms with Gasteiger partial charge in [0.2, 0.25) is 0 Å². The molecule has 0 aromatic rings. The van der Waals surface area contributed by atoms with Crippen LogP contribution in [-0.4, -0.2) is 32.0 Å². The molecule has 3 nitrogen and oxygen atoms in total. The SMILES string of the molecule is CCNC1CCCCCC1S(=O)(=O)CC. The highest BCUT2D eigenvalue weighted by molar-refractivity contribution is 7.92. The molecular formula is C11H23NO2S. The average molecular weight is 233 g/mol. The molecule has 4 heteroatoms. The maximum Gasteiger partial charge on any atom is 0.154 e. The fourth-order valence-corrected chi connectivity index (χ4v) is 4.10. The standard InChI is InChI=1S/C11H23NO2S/c1-3-12-10-8-6-5-7-9-11(10)15(13,14)4-2/h10-12H,3-9H2,1-2H3. The third kappa shape index (κ3) is 3.45. The van der Waals surface area contributed by atoms with Gasteiger partial charge in [0.15, 0.2) is 9.84 Å². The summed E-state index contributed by atoms with van der Waals surface area (Å²) in [6.07, 6.45) is 5.25. The van der Waals surface area contributed by atoms with E-state index in [1.807, 2.05) is 6.92 Å². The van der Waals surface area contributed by atoms with Crippen molar-refractivity contribution in [2.24, 2.45) is 0 Å². The van der Waals surface area contributed by atoms with E-state index >= 15 is 0 Å². The molecule has 0 aromatic carbocycles. The fraction of sp³-hybridized carbons (Fsp3) is 1.00. The number of hydrogen-bond acceptors (Lipinski definition) is 3. The van der Waals surface area contributed by atoms with E-state index in [9.17, 15) is 8.42 Å². The Hall–Kier alpha value is -0.0900. The average Bonchev–Trinajstić information content (AvgIpc) is 2.44.